The Morgan fingerprint density at radius 3 is 2.80 bits per heavy atom. The van der Waals surface area contributed by atoms with Gasteiger partial charge in [-0.2, -0.15) is 0 Å². The third kappa shape index (κ3) is 3.65. The Hall–Kier alpha value is -1.72. The van der Waals surface area contributed by atoms with Crippen molar-refractivity contribution < 1.29 is 4.92 Å². The highest BCUT2D eigenvalue weighted by Crippen LogP contribution is 2.19. The van der Waals surface area contributed by atoms with Gasteiger partial charge in [-0.15, -0.1) is 11.3 Å². The molecule has 0 saturated carbocycles. The smallest absolute Gasteiger partial charge is 0.272 e. The average Bonchev–Trinajstić information content (AvgIpc) is 2.91. The van der Waals surface area contributed by atoms with Gasteiger partial charge in [0.05, 0.1) is 4.92 Å². The van der Waals surface area contributed by atoms with E-state index in [-0.39, 0.29) is 10.6 Å². The zero-order valence-corrected chi connectivity index (χ0v) is 12.3. The Labute approximate surface area is 122 Å². The summed E-state index contributed by atoms with van der Waals surface area (Å²) in [4.78, 5) is 12.0. The van der Waals surface area contributed by atoms with Crippen molar-refractivity contribution in [3.63, 3.8) is 0 Å². The first-order valence-electron chi connectivity index (χ1n) is 6.70. The molecule has 0 fully saturated rings. The van der Waals surface area contributed by atoms with Gasteiger partial charge in [0, 0.05) is 23.1 Å². The van der Waals surface area contributed by atoms with E-state index < -0.39 is 0 Å². The molecule has 1 N–H and O–H groups in total. The maximum atomic E-state index is 10.9. The molecule has 0 aliphatic heterocycles. The maximum absolute atomic E-state index is 10.9. The van der Waals surface area contributed by atoms with Crippen LogP contribution in [0.4, 0.5) is 5.69 Å². The third-order valence-electron chi connectivity index (χ3n) is 3.26. The van der Waals surface area contributed by atoms with E-state index in [2.05, 4.69) is 23.7 Å². The van der Waals surface area contributed by atoms with E-state index in [1.54, 1.807) is 23.5 Å². The van der Waals surface area contributed by atoms with Crippen LogP contribution in [0.2, 0.25) is 0 Å². The number of nitro groups is 1. The molecule has 0 aliphatic carbocycles. The number of nitro benzene ring substituents is 1. The molecule has 0 atom stereocenters. The minimum absolute atomic E-state index is 0.208. The van der Waals surface area contributed by atoms with Crippen molar-refractivity contribution in [2.24, 2.45) is 0 Å². The third-order valence-corrected chi connectivity index (χ3v) is 4.23. The molecular formula is C15H18N2O2S. The Morgan fingerprint density at radius 1 is 1.25 bits per heavy atom. The molecule has 1 heterocycles. The van der Waals surface area contributed by atoms with Crippen LogP contribution in [0.5, 0.6) is 0 Å². The van der Waals surface area contributed by atoms with Gasteiger partial charge in [0.15, 0.2) is 0 Å². The lowest BCUT2D eigenvalue weighted by Gasteiger charge is -2.06. The molecule has 0 radical (unpaired) electrons. The quantitative estimate of drug-likeness (QED) is 0.482. The zero-order chi connectivity index (χ0) is 14.4. The van der Waals surface area contributed by atoms with Crippen molar-refractivity contribution in [1.29, 1.82) is 0 Å². The van der Waals surface area contributed by atoms with Crippen LogP contribution in [0.25, 0.3) is 0 Å². The maximum Gasteiger partial charge on any atom is 0.272 e. The molecule has 0 bridgehead atoms. The van der Waals surface area contributed by atoms with E-state index in [1.165, 1.54) is 10.4 Å². The van der Waals surface area contributed by atoms with Gasteiger partial charge in [0.25, 0.3) is 5.69 Å². The van der Waals surface area contributed by atoms with E-state index in [0.29, 0.717) is 6.42 Å². The Bertz CT molecular complexity index is 581. The predicted molar refractivity (Wildman–Crippen MR) is 82.2 cm³/mol. The van der Waals surface area contributed by atoms with Gasteiger partial charge in [0.1, 0.15) is 0 Å². The summed E-state index contributed by atoms with van der Waals surface area (Å²) in [5.41, 5.74) is 2.37. The van der Waals surface area contributed by atoms with Gasteiger partial charge in [-0.05, 0) is 36.4 Å². The summed E-state index contributed by atoms with van der Waals surface area (Å²) < 4.78 is 0. The van der Waals surface area contributed by atoms with Crippen LogP contribution in [0.3, 0.4) is 0 Å². The summed E-state index contributed by atoms with van der Waals surface area (Å²) in [6.45, 7) is 3.73. The molecule has 1 aromatic carbocycles. The molecule has 0 saturated heterocycles. The van der Waals surface area contributed by atoms with Crippen molar-refractivity contribution in [2.75, 3.05) is 6.54 Å². The highest BCUT2D eigenvalue weighted by Gasteiger charge is 2.11. The first-order valence-corrected chi connectivity index (χ1v) is 7.58. The second kappa shape index (κ2) is 7.17. The van der Waals surface area contributed by atoms with E-state index in [4.69, 9.17) is 0 Å². The number of nitrogens with zero attached hydrogens (tertiary/aromatic N) is 1. The first-order chi connectivity index (χ1) is 9.72. The summed E-state index contributed by atoms with van der Waals surface area (Å²) in [6.07, 6.45) is 1.72. The number of aryl methyl sites for hydroxylation is 1. The van der Waals surface area contributed by atoms with Crippen LogP contribution in [0.15, 0.2) is 35.7 Å². The van der Waals surface area contributed by atoms with Gasteiger partial charge >= 0.3 is 0 Å². The summed E-state index contributed by atoms with van der Waals surface area (Å²) in [5, 5.41) is 16.4. The molecule has 106 valence electrons. The zero-order valence-electron chi connectivity index (χ0n) is 11.5. The monoisotopic (exact) mass is 290 g/mol. The van der Waals surface area contributed by atoms with Gasteiger partial charge in [-0.25, -0.2) is 0 Å². The summed E-state index contributed by atoms with van der Waals surface area (Å²) in [5.74, 6) is 0. The van der Waals surface area contributed by atoms with Crippen LogP contribution in [-0.2, 0) is 19.4 Å². The minimum atomic E-state index is -0.316. The van der Waals surface area contributed by atoms with Crippen LogP contribution in [0, 0.1) is 10.1 Å². The van der Waals surface area contributed by atoms with Crippen molar-refractivity contribution >= 4 is 17.0 Å². The fourth-order valence-corrected chi connectivity index (χ4v) is 3.11. The van der Waals surface area contributed by atoms with E-state index >= 15 is 0 Å². The molecular weight excluding hydrogens is 272 g/mol. The number of hydrogen-bond acceptors (Lipinski definition) is 4. The molecule has 2 aromatic rings. The Kier molecular flexibility index (Phi) is 5.26. The molecule has 0 amide bonds. The van der Waals surface area contributed by atoms with Crippen LogP contribution < -0.4 is 5.32 Å². The predicted octanol–water partition coefficient (Wildman–Crippen LogP) is 3.55. The number of hydrogen-bond donors (Lipinski definition) is 1. The summed E-state index contributed by atoms with van der Waals surface area (Å²) >= 11 is 1.76. The van der Waals surface area contributed by atoms with Crippen molar-refractivity contribution in [1.82, 2.24) is 5.32 Å². The number of benzene rings is 1. The SMILES string of the molecule is CCc1ccsc1CNCCc1ccccc1[N+](=O)[O-]. The summed E-state index contributed by atoms with van der Waals surface area (Å²) in [7, 11) is 0. The topological polar surface area (TPSA) is 55.2 Å². The highest BCUT2D eigenvalue weighted by molar-refractivity contribution is 7.10. The number of para-hydroxylation sites is 1. The first kappa shape index (κ1) is 14.7. The molecule has 0 aliphatic rings. The summed E-state index contributed by atoms with van der Waals surface area (Å²) in [6, 6.07) is 9.08. The fraction of sp³-hybridized carbons (Fsp3) is 0.333. The van der Waals surface area contributed by atoms with Crippen LogP contribution >= 0.6 is 11.3 Å². The molecule has 4 nitrogen and oxygen atoms in total. The number of rotatable bonds is 7. The highest BCUT2D eigenvalue weighted by atomic mass is 32.1. The molecule has 5 heteroatoms. The van der Waals surface area contributed by atoms with Crippen molar-refractivity contribution in [3.05, 3.63) is 61.8 Å². The second-order valence-corrected chi connectivity index (χ2v) is 5.54. The number of nitrogens with one attached hydrogen (secondary N) is 1. The molecule has 1 aromatic heterocycles. The Balaban J connectivity index is 1.86. The standard InChI is InChI=1S/C15H18N2O2S/c1-2-12-8-10-20-15(12)11-16-9-7-13-5-3-4-6-14(13)17(18)19/h3-6,8,10,16H,2,7,9,11H2,1H3. The van der Waals surface area contributed by atoms with Gasteiger partial charge in [-0.1, -0.05) is 25.1 Å². The Morgan fingerprint density at radius 2 is 2.05 bits per heavy atom. The van der Waals surface area contributed by atoms with Crippen LogP contribution in [-0.4, -0.2) is 11.5 Å². The van der Waals surface area contributed by atoms with E-state index in [0.717, 1.165) is 25.1 Å². The lowest BCUT2D eigenvalue weighted by atomic mass is 10.1. The van der Waals surface area contributed by atoms with Crippen molar-refractivity contribution in [3.8, 4) is 0 Å². The fourth-order valence-electron chi connectivity index (χ4n) is 2.16. The van der Waals surface area contributed by atoms with E-state index in [1.807, 2.05) is 12.1 Å². The van der Waals surface area contributed by atoms with Crippen LogP contribution in [0.1, 0.15) is 22.9 Å². The van der Waals surface area contributed by atoms with Gasteiger partial charge < -0.3 is 5.32 Å². The second-order valence-electron chi connectivity index (χ2n) is 4.54. The molecule has 0 unspecified atom stereocenters. The average molecular weight is 290 g/mol. The normalized spacial score (nSPS) is 10.7. The number of thiophene rings is 1. The molecule has 20 heavy (non-hydrogen) atoms. The van der Waals surface area contributed by atoms with Gasteiger partial charge in [-0.3, -0.25) is 10.1 Å². The lowest BCUT2D eigenvalue weighted by molar-refractivity contribution is -0.385. The largest absolute Gasteiger partial charge is 0.312 e. The molecule has 0 spiro atoms. The lowest BCUT2D eigenvalue weighted by Crippen LogP contribution is -2.17. The van der Waals surface area contributed by atoms with Gasteiger partial charge in [0.2, 0.25) is 0 Å². The van der Waals surface area contributed by atoms with E-state index in [9.17, 15) is 10.1 Å². The molecule has 2 rings (SSSR count). The van der Waals surface area contributed by atoms with Crippen molar-refractivity contribution in [2.45, 2.75) is 26.3 Å². The minimum Gasteiger partial charge on any atom is -0.312 e.